The fraction of sp³-hybridized carbons (Fsp3) is 0.571. The first-order valence-corrected chi connectivity index (χ1v) is 6.57. The van der Waals surface area contributed by atoms with Crippen LogP contribution < -0.4 is 10.1 Å². The Kier molecular flexibility index (Phi) is 5.99. The van der Waals surface area contributed by atoms with Gasteiger partial charge >= 0.3 is 6.36 Å². The summed E-state index contributed by atoms with van der Waals surface area (Å²) in [6, 6.07) is 6.33. The molecule has 1 rings (SSSR count). The second-order valence-corrected chi connectivity index (χ2v) is 4.46. The van der Waals surface area contributed by atoms with E-state index in [1.807, 2.05) is 0 Å². The third-order valence-corrected chi connectivity index (χ3v) is 2.75. The summed E-state index contributed by atoms with van der Waals surface area (Å²) in [5.74, 6) is -0.174. The molecule has 19 heavy (non-hydrogen) atoms. The molecule has 1 aromatic carbocycles. The number of hydrogen-bond acceptors (Lipinski definition) is 2. The zero-order chi connectivity index (χ0) is 14.3. The van der Waals surface area contributed by atoms with Crippen LogP contribution in [0.1, 0.15) is 39.5 Å². The number of anilines is 1. The standard InChI is InChI=1S/C14H20F3NO/c1-3-7-11(8-4-2)18-12-9-5-6-10-13(12)19-14(15,16)17/h5-6,9-11,18H,3-4,7-8H2,1-2H3. The smallest absolute Gasteiger partial charge is 0.404 e. The molecule has 5 heteroatoms. The van der Waals surface area contributed by atoms with Crippen molar-refractivity contribution in [3.8, 4) is 5.75 Å². The second kappa shape index (κ2) is 7.26. The number of rotatable bonds is 7. The van der Waals surface area contributed by atoms with Crippen LogP contribution in [-0.4, -0.2) is 12.4 Å². The largest absolute Gasteiger partial charge is 0.573 e. The number of nitrogens with one attached hydrogen (secondary N) is 1. The predicted octanol–water partition coefficient (Wildman–Crippen LogP) is 4.97. The number of hydrogen-bond donors (Lipinski definition) is 1. The van der Waals surface area contributed by atoms with Crippen LogP contribution in [0.4, 0.5) is 18.9 Å². The van der Waals surface area contributed by atoms with E-state index in [0.717, 1.165) is 25.7 Å². The Labute approximate surface area is 112 Å². The van der Waals surface area contributed by atoms with Crippen molar-refractivity contribution in [3.05, 3.63) is 24.3 Å². The van der Waals surface area contributed by atoms with Gasteiger partial charge < -0.3 is 10.1 Å². The van der Waals surface area contributed by atoms with Crippen molar-refractivity contribution >= 4 is 5.69 Å². The van der Waals surface area contributed by atoms with Gasteiger partial charge in [-0.15, -0.1) is 13.2 Å². The SMILES string of the molecule is CCCC(CCC)Nc1ccccc1OC(F)(F)F. The van der Waals surface area contributed by atoms with Gasteiger partial charge in [-0.25, -0.2) is 0 Å². The van der Waals surface area contributed by atoms with Crippen molar-refractivity contribution < 1.29 is 17.9 Å². The first-order valence-electron chi connectivity index (χ1n) is 6.57. The summed E-state index contributed by atoms with van der Waals surface area (Å²) in [7, 11) is 0. The fourth-order valence-electron chi connectivity index (χ4n) is 2.01. The number of alkyl halides is 3. The van der Waals surface area contributed by atoms with E-state index in [1.54, 1.807) is 12.1 Å². The van der Waals surface area contributed by atoms with Crippen LogP contribution in [0.5, 0.6) is 5.75 Å². The molecule has 1 N–H and O–H groups in total. The third kappa shape index (κ3) is 5.85. The third-order valence-electron chi connectivity index (χ3n) is 2.75. The Morgan fingerprint density at radius 1 is 1.11 bits per heavy atom. The fourth-order valence-corrected chi connectivity index (χ4v) is 2.01. The maximum Gasteiger partial charge on any atom is 0.573 e. The number of halogens is 3. The average Bonchev–Trinajstić information content (AvgIpc) is 2.30. The van der Waals surface area contributed by atoms with Crippen molar-refractivity contribution in [2.45, 2.75) is 51.9 Å². The highest BCUT2D eigenvalue weighted by molar-refractivity contribution is 5.56. The Bertz CT molecular complexity index is 373. The summed E-state index contributed by atoms with van der Waals surface area (Å²) in [6.45, 7) is 4.12. The molecule has 0 amide bonds. The van der Waals surface area contributed by atoms with Crippen LogP contribution in [0.2, 0.25) is 0 Å². The maximum absolute atomic E-state index is 12.3. The Morgan fingerprint density at radius 2 is 1.68 bits per heavy atom. The monoisotopic (exact) mass is 275 g/mol. The molecular weight excluding hydrogens is 255 g/mol. The Balaban J connectivity index is 2.81. The molecule has 0 aromatic heterocycles. The van der Waals surface area contributed by atoms with E-state index in [4.69, 9.17) is 0 Å². The van der Waals surface area contributed by atoms with E-state index in [-0.39, 0.29) is 11.8 Å². The molecule has 0 radical (unpaired) electrons. The molecule has 0 heterocycles. The summed E-state index contributed by atoms with van der Waals surface area (Å²) >= 11 is 0. The maximum atomic E-state index is 12.3. The van der Waals surface area contributed by atoms with Gasteiger partial charge in [-0.3, -0.25) is 0 Å². The van der Waals surface area contributed by atoms with Crippen LogP contribution in [0.25, 0.3) is 0 Å². The van der Waals surface area contributed by atoms with Gasteiger partial charge in [0.05, 0.1) is 5.69 Å². The van der Waals surface area contributed by atoms with Crippen molar-refractivity contribution in [1.29, 1.82) is 0 Å². The molecule has 0 bridgehead atoms. The number of ether oxygens (including phenoxy) is 1. The molecule has 0 aliphatic rings. The quantitative estimate of drug-likeness (QED) is 0.759. The van der Waals surface area contributed by atoms with Gasteiger partial charge in [0.1, 0.15) is 0 Å². The van der Waals surface area contributed by atoms with E-state index in [0.29, 0.717) is 5.69 Å². The molecule has 108 valence electrons. The molecule has 0 atom stereocenters. The predicted molar refractivity (Wildman–Crippen MR) is 70.4 cm³/mol. The van der Waals surface area contributed by atoms with Crippen molar-refractivity contribution in [2.75, 3.05) is 5.32 Å². The molecule has 0 spiro atoms. The van der Waals surface area contributed by atoms with Gasteiger partial charge in [-0.2, -0.15) is 0 Å². The minimum Gasteiger partial charge on any atom is -0.404 e. The van der Waals surface area contributed by atoms with Crippen LogP contribution in [0.15, 0.2) is 24.3 Å². The van der Waals surface area contributed by atoms with E-state index >= 15 is 0 Å². The van der Waals surface area contributed by atoms with Gasteiger partial charge in [-0.05, 0) is 25.0 Å². The molecule has 2 nitrogen and oxygen atoms in total. The van der Waals surface area contributed by atoms with Crippen molar-refractivity contribution in [2.24, 2.45) is 0 Å². The lowest BCUT2D eigenvalue weighted by Crippen LogP contribution is -2.22. The van der Waals surface area contributed by atoms with E-state index in [9.17, 15) is 13.2 Å². The Morgan fingerprint density at radius 3 is 2.21 bits per heavy atom. The van der Waals surface area contributed by atoms with E-state index in [2.05, 4.69) is 23.9 Å². The lowest BCUT2D eigenvalue weighted by molar-refractivity contribution is -0.274. The molecule has 1 aromatic rings. The summed E-state index contributed by atoms with van der Waals surface area (Å²) in [6.07, 6.45) is -0.842. The molecular formula is C14H20F3NO. The molecule has 0 saturated heterocycles. The van der Waals surface area contributed by atoms with Gasteiger partial charge in [0.15, 0.2) is 5.75 Å². The first kappa shape index (κ1) is 15.7. The summed E-state index contributed by atoms with van der Waals surface area (Å²) in [4.78, 5) is 0. The summed E-state index contributed by atoms with van der Waals surface area (Å²) in [5.41, 5.74) is 0.395. The van der Waals surface area contributed by atoms with E-state index < -0.39 is 6.36 Å². The van der Waals surface area contributed by atoms with Gasteiger partial charge in [-0.1, -0.05) is 38.8 Å². The minimum absolute atomic E-state index is 0.174. The first-order chi connectivity index (χ1) is 8.96. The van der Waals surface area contributed by atoms with Crippen LogP contribution in [0.3, 0.4) is 0 Å². The van der Waals surface area contributed by atoms with Crippen LogP contribution in [-0.2, 0) is 0 Å². The number of benzene rings is 1. The molecule has 0 unspecified atom stereocenters. The van der Waals surface area contributed by atoms with Crippen LogP contribution >= 0.6 is 0 Å². The van der Waals surface area contributed by atoms with Gasteiger partial charge in [0, 0.05) is 6.04 Å². The summed E-state index contributed by atoms with van der Waals surface area (Å²) in [5, 5.41) is 3.15. The lowest BCUT2D eigenvalue weighted by Gasteiger charge is -2.21. The summed E-state index contributed by atoms with van der Waals surface area (Å²) < 4.78 is 40.9. The molecule has 0 aliphatic heterocycles. The average molecular weight is 275 g/mol. The molecule has 0 saturated carbocycles. The highest BCUT2D eigenvalue weighted by Crippen LogP contribution is 2.31. The molecule has 0 aliphatic carbocycles. The molecule has 0 fully saturated rings. The number of para-hydroxylation sites is 2. The second-order valence-electron chi connectivity index (χ2n) is 4.46. The normalized spacial score (nSPS) is 11.7. The van der Waals surface area contributed by atoms with Gasteiger partial charge in [0.2, 0.25) is 0 Å². The topological polar surface area (TPSA) is 21.3 Å². The highest BCUT2D eigenvalue weighted by Gasteiger charge is 2.32. The van der Waals surface area contributed by atoms with Crippen molar-refractivity contribution in [1.82, 2.24) is 0 Å². The highest BCUT2D eigenvalue weighted by atomic mass is 19.4. The Hall–Kier alpha value is -1.39. The van der Waals surface area contributed by atoms with Crippen molar-refractivity contribution in [3.63, 3.8) is 0 Å². The lowest BCUT2D eigenvalue weighted by atomic mass is 10.1. The zero-order valence-corrected chi connectivity index (χ0v) is 11.3. The van der Waals surface area contributed by atoms with Gasteiger partial charge in [0.25, 0.3) is 0 Å². The zero-order valence-electron chi connectivity index (χ0n) is 11.3. The minimum atomic E-state index is -4.66. The van der Waals surface area contributed by atoms with Crippen LogP contribution in [0, 0.1) is 0 Å². The van der Waals surface area contributed by atoms with E-state index in [1.165, 1.54) is 12.1 Å².